The lowest BCUT2D eigenvalue weighted by atomic mass is 10.1. The Morgan fingerprint density at radius 2 is 1.80 bits per heavy atom. The van der Waals surface area contributed by atoms with E-state index >= 15 is 0 Å². The van der Waals surface area contributed by atoms with E-state index in [4.69, 9.17) is 0 Å². The molecule has 4 heterocycles. The average molecular weight is 332 g/mol. The first-order valence-electron chi connectivity index (χ1n) is 8.60. The third kappa shape index (κ3) is 3.74. The number of aromatic nitrogens is 4. The van der Waals surface area contributed by atoms with Crippen LogP contribution in [0.1, 0.15) is 19.3 Å². The van der Waals surface area contributed by atoms with Gasteiger partial charge in [0.2, 0.25) is 5.95 Å². The van der Waals surface area contributed by atoms with Crippen molar-refractivity contribution in [1.82, 2.24) is 19.9 Å². The lowest BCUT2D eigenvalue weighted by molar-refractivity contribution is 0.577. The zero-order valence-corrected chi connectivity index (χ0v) is 14.0. The first-order valence-corrected chi connectivity index (χ1v) is 8.60. The summed E-state index contributed by atoms with van der Waals surface area (Å²) in [6, 6.07) is 9.82. The van der Waals surface area contributed by atoms with Crippen LogP contribution in [0.15, 0.2) is 55.1 Å². The van der Waals surface area contributed by atoms with Crippen molar-refractivity contribution >= 4 is 17.5 Å². The Kier molecular flexibility index (Phi) is 4.50. The van der Waals surface area contributed by atoms with Crippen molar-refractivity contribution in [2.45, 2.75) is 19.3 Å². The highest BCUT2D eigenvalue weighted by Crippen LogP contribution is 2.21. The van der Waals surface area contributed by atoms with Crippen molar-refractivity contribution in [3.05, 3.63) is 55.1 Å². The molecule has 1 aliphatic heterocycles. The van der Waals surface area contributed by atoms with Crippen LogP contribution >= 0.6 is 0 Å². The van der Waals surface area contributed by atoms with E-state index in [1.165, 1.54) is 24.9 Å². The van der Waals surface area contributed by atoms with Gasteiger partial charge in [-0.05, 0) is 49.6 Å². The summed E-state index contributed by atoms with van der Waals surface area (Å²) in [7, 11) is 0. The molecule has 126 valence electrons. The van der Waals surface area contributed by atoms with Gasteiger partial charge in [-0.15, -0.1) is 0 Å². The highest BCUT2D eigenvalue weighted by molar-refractivity contribution is 5.60. The molecule has 0 aliphatic carbocycles. The molecule has 0 unspecified atom stereocenters. The van der Waals surface area contributed by atoms with Gasteiger partial charge in [-0.1, -0.05) is 0 Å². The summed E-state index contributed by atoms with van der Waals surface area (Å²) in [6.07, 6.45) is 11.0. The third-order valence-electron chi connectivity index (χ3n) is 4.32. The summed E-state index contributed by atoms with van der Waals surface area (Å²) in [5.41, 5.74) is 2.96. The van der Waals surface area contributed by atoms with Gasteiger partial charge in [0.15, 0.2) is 0 Å². The van der Waals surface area contributed by atoms with Gasteiger partial charge in [0.25, 0.3) is 0 Å². The zero-order valence-electron chi connectivity index (χ0n) is 14.0. The first kappa shape index (κ1) is 15.5. The molecule has 0 saturated carbocycles. The van der Waals surface area contributed by atoms with Crippen LogP contribution in [0.25, 0.3) is 11.3 Å². The molecule has 1 aliphatic rings. The number of hydrogen-bond donors (Lipinski definition) is 1. The lowest BCUT2D eigenvalue weighted by Crippen LogP contribution is -2.29. The van der Waals surface area contributed by atoms with Gasteiger partial charge in [0, 0.05) is 37.2 Å². The molecule has 0 atom stereocenters. The smallest absolute Gasteiger partial charge is 0.228 e. The maximum absolute atomic E-state index is 4.54. The summed E-state index contributed by atoms with van der Waals surface area (Å²) in [4.78, 5) is 19.8. The van der Waals surface area contributed by atoms with Crippen molar-refractivity contribution in [3.8, 4) is 11.3 Å². The molecule has 0 bridgehead atoms. The molecule has 1 fully saturated rings. The third-order valence-corrected chi connectivity index (χ3v) is 4.32. The summed E-state index contributed by atoms with van der Waals surface area (Å²) in [6.45, 7) is 2.23. The monoisotopic (exact) mass is 332 g/mol. The standard InChI is InChI=1S/C19H20N6/c1-2-11-25(12-3-1)16-6-7-18(22-14-16)24-19-21-10-8-17(23-19)15-5-4-9-20-13-15/h4-10,13-14H,1-3,11-12H2,(H,21,22,23,24). The molecular formula is C19H20N6. The summed E-state index contributed by atoms with van der Waals surface area (Å²) in [5.74, 6) is 1.27. The topological polar surface area (TPSA) is 66.8 Å². The van der Waals surface area contributed by atoms with Gasteiger partial charge in [-0.2, -0.15) is 0 Å². The van der Waals surface area contributed by atoms with Gasteiger partial charge in [0.05, 0.1) is 17.6 Å². The molecule has 0 spiro atoms. The minimum absolute atomic E-state index is 0.527. The fourth-order valence-corrected chi connectivity index (χ4v) is 3.01. The summed E-state index contributed by atoms with van der Waals surface area (Å²) < 4.78 is 0. The number of anilines is 3. The van der Waals surface area contributed by atoms with Gasteiger partial charge >= 0.3 is 0 Å². The predicted molar refractivity (Wildman–Crippen MR) is 98.8 cm³/mol. The fraction of sp³-hybridized carbons (Fsp3) is 0.263. The minimum atomic E-state index is 0.527. The Morgan fingerprint density at radius 1 is 0.880 bits per heavy atom. The molecule has 4 rings (SSSR count). The van der Waals surface area contributed by atoms with E-state index in [2.05, 4.69) is 36.2 Å². The van der Waals surface area contributed by atoms with Crippen molar-refractivity contribution in [1.29, 1.82) is 0 Å². The average Bonchev–Trinajstić information content (AvgIpc) is 2.70. The van der Waals surface area contributed by atoms with E-state index in [0.29, 0.717) is 5.95 Å². The Morgan fingerprint density at radius 3 is 2.56 bits per heavy atom. The highest BCUT2D eigenvalue weighted by atomic mass is 15.2. The number of piperidine rings is 1. The maximum Gasteiger partial charge on any atom is 0.228 e. The zero-order chi connectivity index (χ0) is 16.9. The molecular weight excluding hydrogens is 312 g/mol. The van der Waals surface area contributed by atoms with Crippen molar-refractivity contribution in [2.24, 2.45) is 0 Å². The van der Waals surface area contributed by atoms with Crippen LogP contribution in [-0.2, 0) is 0 Å². The van der Waals surface area contributed by atoms with Crippen molar-refractivity contribution in [2.75, 3.05) is 23.3 Å². The van der Waals surface area contributed by atoms with Crippen LogP contribution in [-0.4, -0.2) is 33.0 Å². The summed E-state index contributed by atoms with van der Waals surface area (Å²) >= 11 is 0. The Balaban J connectivity index is 1.48. The molecule has 1 N–H and O–H groups in total. The van der Waals surface area contributed by atoms with Crippen LogP contribution in [0.5, 0.6) is 0 Å². The largest absolute Gasteiger partial charge is 0.370 e. The van der Waals surface area contributed by atoms with E-state index < -0.39 is 0 Å². The van der Waals surface area contributed by atoms with Crippen molar-refractivity contribution < 1.29 is 0 Å². The van der Waals surface area contributed by atoms with E-state index in [-0.39, 0.29) is 0 Å². The Hall–Kier alpha value is -3.02. The second-order valence-corrected chi connectivity index (χ2v) is 6.08. The lowest BCUT2D eigenvalue weighted by Gasteiger charge is -2.28. The van der Waals surface area contributed by atoms with E-state index in [1.807, 2.05) is 30.5 Å². The minimum Gasteiger partial charge on any atom is -0.370 e. The Labute approximate surface area is 147 Å². The maximum atomic E-state index is 4.54. The van der Waals surface area contributed by atoms with Gasteiger partial charge in [0.1, 0.15) is 5.82 Å². The SMILES string of the molecule is c1cncc(-c2ccnc(Nc3ccc(N4CCCCC4)cn3)n2)c1. The number of pyridine rings is 2. The van der Waals surface area contributed by atoms with Gasteiger partial charge in [-0.25, -0.2) is 15.0 Å². The normalized spacial score (nSPS) is 14.3. The fourth-order valence-electron chi connectivity index (χ4n) is 3.01. The predicted octanol–water partition coefficient (Wildman–Crippen LogP) is 3.67. The highest BCUT2D eigenvalue weighted by Gasteiger charge is 2.11. The van der Waals surface area contributed by atoms with Crippen LogP contribution in [0, 0.1) is 0 Å². The number of hydrogen-bond acceptors (Lipinski definition) is 6. The second-order valence-electron chi connectivity index (χ2n) is 6.08. The molecule has 0 radical (unpaired) electrons. The van der Waals surface area contributed by atoms with Crippen molar-refractivity contribution in [3.63, 3.8) is 0 Å². The van der Waals surface area contributed by atoms with Crippen LogP contribution < -0.4 is 10.2 Å². The van der Waals surface area contributed by atoms with Gasteiger partial charge in [-0.3, -0.25) is 4.98 Å². The number of rotatable bonds is 4. The van der Waals surface area contributed by atoms with E-state index in [1.54, 1.807) is 18.6 Å². The molecule has 3 aromatic rings. The van der Waals surface area contributed by atoms with Crippen LogP contribution in [0.4, 0.5) is 17.5 Å². The molecule has 25 heavy (non-hydrogen) atoms. The van der Waals surface area contributed by atoms with E-state index in [9.17, 15) is 0 Å². The van der Waals surface area contributed by atoms with Crippen LogP contribution in [0.2, 0.25) is 0 Å². The quantitative estimate of drug-likeness (QED) is 0.786. The molecule has 6 nitrogen and oxygen atoms in total. The molecule has 1 saturated heterocycles. The van der Waals surface area contributed by atoms with Gasteiger partial charge < -0.3 is 10.2 Å². The molecule has 0 amide bonds. The molecule has 6 heteroatoms. The molecule has 3 aromatic heterocycles. The second kappa shape index (κ2) is 7.25. The number of nitrogens with zero attached hydrogens (tertiary/aromatic N) is 5. The van der Waals surface area contributed by atoms with Crippen LogP contribution in [0.3, 0.4) is 0 Å². The van der Waals surface area contributed by atoms with E-state index in [0.717, 1.165) is 30.2 Å². The first-order chi connectivity index (χ1) is 12.4. The Bertz CT molecular complexity index is 813. The molecule has 0 aromatic carbocycles. The number of nitrogens with one attached hydrogen (secondary N) is 1. The summed E-state index contributed by atoms with van der Waals surface area (Å²) in [5, 5.41) is 3.17.